The van der Waals surface area contributed by atoms with Gasteiger partial charge in [-0.15, -0.1) is 0 Å². The molecule has 3 heterocycles. The second kappa shape index (κ2) is 6.67. The normalized spacial score (nSPS) is 22.9. The van der Waals surface area contributed by atoms with Crippen LogP contribution in [0.5, 0.6) is 0 Å². The summed E-state index contributed by atoms with van der Waals surface area (Å²) in [4.78, 5) is 31.7. The van der Waals surface area contributed by atoms with E-state index in [9.17, 15) is 9.59 Å². The fourth-order valence-electron chi connectivity index (χ4n) is 4.39. The van der Waals surface area contributed by atoms with Crippen LogP contribution in [0.25, 0.3) is 0 Å². The van der Waals surface area contributed by atoms with Crippen LogP contribution in [-0.2, 0) is 9.59 Å². The molecule has 3 aliphatic rings. The number of carbonyl (C=O) groups excluding carboxylic acids is 2. The number of benzene rings is 1. The van der Waals surface area contributed by atoms with Gasteiger partial charge in [-0.1, -0.05) is 18.2 Å². The number of likely N-dealkylation sites (tertiary alicyclic amines) is 1. The van der Waals surface area contributed by atoms with Crippen LogP contribution in [0.2, 0.25) is 0 Å². The minimum Gasteiger partial charge on any atom is -0.341 e. The van der Waals surface area contributed by atoms with Crippen molar-refractivity contribution in [2.24, 2.45) is 0 Å². The van der Waals surface area contributed by atoms with E-state index in [1.165, 1.54) is 0 Å². The first-order valence-corrected chi connectivity index (χ1v) is 9.31. The van der Waals surface area contributed by atoms with E-state index in [-0.39, 0.29) is 18.4 Å². The van der Waals surface area contributed by atoms with Gasteiger partial charge >= 0.3 is 0 Å². The first-order valence-electron chi connectivity index (χ1n) is 9.31. The molecule has 0 atom stereocenters. The summed E-state index contributed by atoms with van der Waals surface area (Å²) in [5, 5.41) is 3.36. The van der Waals surface area contributed by atoms with Crippen molar-refractivity contribution in [1.82, 2.24) is 15.1 Å². The lowest BCUT2D eigenvalue weighted by Crippen LogP contribution is -2.55. The van der Waals surface area contributed by atoms with E-state index in [0.29, 0.717) is 6.67 Å². The molecule has 25 heavy (non-hydrogen) atoms. The molecule has 3 aliphatic heterocycles. The summed E-state index contributed by atoms with van der Waals surface area (Å²) >= 11 is 0. The van der Waals surface area contributed by atoms with E-state index < -0.39 is 5.54 Å². The smallest absolute Gasteiger partial charge is 0.250 e. The largest absolute Gasteiger partial charge is 0.341 e. The Morgan fingerprint density at radius 1 is 1.08 bits per heavy atom. The topological polar surface area (TPSA) is 55.9 Å². The van der Waals surface area contributed by atoms with Gasteiger partial charge in [0.25, 0.3) is 0 Å². The molecule has 0 radical (unpaired) electrons. The van der Waals surface area contributed by atoms with Crippen LogP contribution in [0.3, 0.4) is 0 Å². The molecule has 0 aromatic heterocycles. The van der Waals surface area contributed by atoms with Crippen molar-refractivity contribution in [3.63, 3.8) is 0 Å². The fourth-order valence-corrected chi connectivity index (χ4v) is 4.39. The van der Waals surface area contributed by atoms with Gasteiger partial charge in [0.2, 0.25) is 11.8 Å². The van der Waals surface area contributed by atoms with Gasteiger partial charge < -0.3 is 20.0 Å². The quantitative estimate of drug-likeness (QED) is 0.892. The van der Waals surface area contributed by atoms with E-state index in [4.69, 9.17) is 0 Å². The summed E-state index contributed by atoms with van der Waals surface area (Å²) in [6.07, 6.45) is 3.72. The molecular weight excluding hydrogens is 316 g/mol. The summed E-state index contributed by atoms with van der Waals surface area (Å²) in [5.74, 6) is 0.204. The van der Waals surface area contributed by atoms with Crippen LogP contribution in [0.1, 0.15) is 25.7 Å². The lowest BCUT2D eigenvalue weighted by atomic mass is 9.86. The number of carbonyl (C=O) groups is 2. The van der Waals surface area contributed by atoms with Gasteiger partial charge in [-0.2, -0.15) is 0 Å². The maximum atomic E-state index is 13.3. The molecule has 6 heteroatoms. The zero-order valence-electron chi connectivity index (χ0n) is 14.6. The lowest BCUT2D eigenvalue weighted by molar-refractivity contribution is -0.140. The van der Waals surface area contributed by atoms with Crippen LogP contribution in [0, 0.1) is 0 Å². The molecule has 1 aromatic rings. The number of anilines is 1. The number of hydrogen-bond acceptors (Lipinski definition) is 4. The molecule has 2 amide bonds. The molecule has 0 aliphatic carbocycles. The van der Waals surface area contributed by atoms with E-state index in [1.54, 1.807) is 4.90 Å². The van der Waals surface area contributed by atoms with E-state index >= 15 is 0 Å². The fraction of sp³-hybridized carbons (Fsp3) is 0.579. The second-order valence-electron chi connectivity index (χ2n) is 7.28. The number of nitrogens with zero attached hydrogens (tertiary/aromatic N) is 3. The molecule has 0 bridgehead atoms. The molecule has 3 saturated heterocycles. The molecule has 1 N–H and O–H groups in total. The third-order valence-electron chi connectivity index (χ3n) is 5.80. The molecular formula is C19H26N4O2. The van der Waals surface area contributed by atoms with Gasteiger partial charge in [0.1, 0.15) is 12.1 Å². The predicted octanol–water partition coefficient (Wildman–Crippen LogP) is 1.04. The average molecular weight is 342 g/mol. The Morgan fingerprint density at radius 3 is 2.44 bits per heavy atom. The Kier molecular flexibility index (Phi) is 4.37. The molecule has 3 fully saturated rings. The first-order chi connectivity index (χ1) is 12.2. The number of amides is 2. The van der Waals surface area contributed by atoms with E-state index in [0.717, 1.165) is 57.5 Å². The van der Waals surface area contributed by atoms with Crippen molar-refractivity contribution in [2.45, 2.75) is 31.2 Å². The predicted molar refractivity (Wildman–Crippen MR) is 96.1 cm³/mol. The van der Waals surface area contributed by atoms with Crippen LogP contribution >= 0.6 is 0 Å². The summed E-state index contributed by atoms with van der Waals surface area (Å²) in [6.45, 7) is 4.04. The summed E-state index contributed by atoms with van der Waals surface area (Å²) in [5.41, 5.74) is 0.562. The van der Waals surface area contributed by atoms with Crippen LogP contribution < -0.4 is 10.2 Å². The number of piperidine rings is 1. The lowest BCUT2D eigenvalue weighted by Gasteiger charge is -2.40. The monoisotopic (exact) mass is 342 g/mol. The Balaban J connectivity index is 1.58. The average Bonchev–Trinajstić information content (AvgIpc) is 3.27. The molecule has 1 spiro atoms. The van der Waals surface area contributed by atoms with Crippen LogP contribution in [0.15, 0.2) is 30.3 Å². The third-order valence-corrected chi connectivity index (χ3v) is 5.80. The number of nitrogens with one attached hydrogen (secondary N) is 1. The highest BCUT2D eigenvalue weighted by atomic mass is 16.2. The Hall–Kier alpha value is -2.08. The zero-order valence-corrected chi connectivity index (χ0v) is 14.6. The molecule has 0 unspecified atom stereocenters. The van der Waals surface area contributed by atoms with Crippen molar-refractivity contribution in [3.8, 4) is 0 Å². The highest BCUT2D eigenvalue weighted by Crippen LogP contribution is 2.38. The Bertz CT molecular complexity index is 636. The van der Waals surface area contributed by atoms with Gasteiger partial charge in [-0.3, -0.25) is 9.59 Å². The van der Waals surface area contributed by atoms with Crippen molar-refractivity contribution in [1.29, 1.82) is 0 Å². The van der Waals surface area contributed by atoms with Crippen LogP contribution in [0.4, 0.5) is 5.69 Å². The Morgan fingerprint density at radius 2 is 1.76 bits per heavy atom. The number of rotatable bonds is 3. The number of hydrogen-bond donors (Lipinski definition) is 1. The summed E-state index contributed by atoms with van der Waals surface area (Å²) in [6, 6.07) is 10.1. The minimum absolute atomic E-state index is 0.0878. The molecule has 4 rings (SSSR count). The highest BCUT2D eigenvalue weighted by molar-refractivity contribution is 5.96. The Labute approximate surface area is 148 Å². The molecule has 0 saturated carbocycles. The maximum Gasteiger partial charge on any atom is 0.250 e. The zero-order chi connectivity index (χ0) is 17.3. The van der Waals surface area contributed by atoms with Crippen molar-refractivity contribution < 1.29 is 9.59 Å². The van der Waals surface area contributed by atoms with E-state index in [2.05, 4.69) is 22.3 Å². The van der Waals surface area contributed by atoms with Gasteiger partial charge in [0.05, 0.1) is 6.67 Å². The number of para-hydroxylation sites is 1. The van der Waals surface area contributed by atoms with Gasteiger partial charge in [-0.05, 0) is 50.9 Å². The van der Waals surface area contributed by atoms with Crippen molar-refractivity contribution in [2.75, 3.05) is 44.3 Å². The van der Waals surface area contributed by atoms with Gasteiger partial charge in [0, 0.05) is 18.8 Å². The van der Waals surface area contributed by atoms with Gasteiger partial charge in [0.15, 0.2) is 0 Å². The summed E-state index contributed by atoms with van der Waals surface area (Å²) in [7, 11) is 0. The molecule has 6 nitrogen and oxygen atoms in total. The van der Waals surface area contributed by atoms with Crippen molar-refractivity contribution >= 4 is 17.5 Å². The third kappa shape index (κ3) is 2.88. The summed E-state index contributed by atoms with van der Waals surface area (Å²) < 4.78 is 0. The first kappa shape index (κ1) is 16.4. The van der Waals surface area contributed by atoms with Crippen LogP contribution in [-0.4, -0.2) is 66.5 Å². The standard InChI is InChI=1S/C19H26N4O2/c24-17(21-12-4-5-13-21)14-22-15-23(16-6-2-1-3-7-16)19(18(22)25)8-10-20-11-9-19/h1-3,6-7,20H,4-5,8-15H2. The minimum atomic E-state index is -0.502. The SMILES string of the molecule is O=C(CN1CN(c2ccccc2)C2(CCNCC2)C1=O)N1CCCC1. The maximum absolute atomic E-state index is 13.3. The van der Waals surface area contributed by atoms with E-state index in [1.807, 2.05) is 23.1 Å². The second-order valence-corrected chi connectivity index (χ2v) is 7.28. The molecule has 1 aromatic carbocycles. The highest BCUT2D eigenvalue weighted by Gasteiger charge is 2.53. The van der Waals surface area contributed by atoms with Crippen molar-refractivity contribution in [3.05, 3.63) is 30.3 Å². The molecule has 134 valence electrons. The van der Waals surface area contributed by atoms with Gasteiger partial charge in [-0.25, -0.2) is 0 Å².